The van der Waals surface area contributed by atoms with Crippen LogP contribution in [0.3, 0.4) is 0 Å². The van der Waals surface area contributed by atoms with Gasteiger partial charge in [0.2, 0.25) is 23.8 Å². The second-order valence-electron chi connectivity index (χ2n) is 7.13. The highest BCUT2D eigenvalue weighted by Crippen LogP contribution is 2.18. The predicted molar refractivity (Wildman–Crippen MR) is 118 cm³/mol. The molecule has 164 valence electrons. The largest absolute Gasteiger partial charge is 0.378 e. The molecular weight excluding hydrogens is 400 g/mol. The van der Waals surface area contributed by atoms with Gasteiger partial charge in [0.1, 0.15) is 0 Å². The van der Waals surface area contributed by atoms with Gasteiger partial charge in [-0.05, 0) is 17.7 Å². The van der Waals surface area contributed by atoms with Crippen LogP contribution in [0, 0.1) is 0 Å². The number of carbonyl (C=O) groups excluding carboxylic acids is 1. The lowest BCUT2D eigenvalue weighted by Gasteiger charge is -2.30. The van der Waals surface area contributed by atoms with Gasteiger partial charge in [0.15, 0.2) is 0 Å². The molecule has 2 fully saturated rings. The number of ether oxygens (including phenoxy) is 2. The zero-order chi connectivity index (χ0) is 21.5. The summed E-state index contributed by atoms with van der Waals surface area (Å²) in [6.45, 7) is 6.99. The van der Waals surface area contributed by atoms with Crippen molar-refractivity contribution in [2.75, 3.05) is 73.1 Å². The van der Waals surface area contributed by atoms with Crippen LogP contribution in [0.15, 0.2) is 29.4 Å². The summed E-state index contributed by atoms with van der Waals surface area (Å²) in [4.78, 5) is 29.1. The highest BCUT2D eigenvalue weighted by atomic mass is 16.5. The molecule has 1 amide bonds. The first kappa shape index (κ1) is 20.9. The highest BCUT2D eigenvalue weighted by Gasteiger charge is 2.20. The topological polar surface area (TPSA) is 117 Å². The molecule has 0 unspecified atom stereocenters. The van der Waals surface area contributed by atoms with E-state index < -0.39 is 0 Å². The summed E-state index contributed by atoms with van der Waals surface area (Å²) in [5, 5.41) is 7.01. The molecule has 2 aromatic rings. The number of aromatic nitrogens is 3. The minimum Gasteiger partial charge on any atom is -0.378 e. The first-order valence-electron chi connectivity index (χ1n) is 10.3. The molecule has 4 rings (SSSR count). The van der Waals surface area contributed by atoms with Crippen molar-refractivity contribution in [3.8, 4) is 0 Å². The van der Waals surface area contributed by atoms with Crippen LogP contribution in [-0.4, -0.2) is 79.7 Å². The molecule has 1 aromatic carbocycles. The van der Waals surface area contributed by atoms with Crippen molar-refractivity contribution in [2.45, 2.75) is 6.92 Å². The maximum atomic E-state index is 11.1. The van der Waals surface area contributed by atoms with Crippen LogP contribution in [0.2, 0.25) is 0 Å². The maximum absolute atomic E-state index is 11.1. The van der Waals surface area contributed by atoms with Crippen LogP contribution >= 0.6 is 0 Å². The number of hydrogen-bond acceptors (Lipinski definition) is 10. The number of rotatable bonds is 6. The van der Waals surface area contributed by atoms with Gasteiger partial charge in [-0.15, -0.1) is 0 Å². The fraction of sp³-hybridized carbons (Fsp3) is 0.450. The zero-order valence-corrected chi connectivity index (χ0v) is 17.5. The Balaban J connectivity index is 1.49. The summed E-state index contributed by atoms with van der Waals surface area (Å²) < 4.78 is 10.9. The van der Waals surface area contributed by atoms with E-state index in [9.17, 15) is 4.79 Å². The van der Waals surface area contributed by atoms with E-state index in [1.165, 1.54) is 6.92 Å². The SMILES string of the molecule is CC(=O)Nc1ccc(/C=N/Nc2nc(N3CCOCC3)nc(N3CCOCC3)n2)cc1. The van der Waals surface area contributed by atoms with E-state index in [4.69, 9.17) is 9.47 Å². The third kappa shape index (κ3) is 5.86. The molecule has 0 saturated carbocycles. The number of nitrogens with zero attached hydrogens (tertiary/aromatic N) is 6. The fourth-order valence-corrected chi connectivity index (χ4v) is 3.23. The molecule has 2 saturated heterocycles. The minimum absolute atomic E-state index is 0.106. The van der Waals surface area contributed by atoms with E-state index >= 15 is 0 Å². The second-order valence-corrected chi connectivity index (χ2v) is 7.13. The Morgan fingerprint density at radius 3 is 2.00 bits per heavy atom. The Morgan fingerprint density at radius 1 is 0.935 bits per heavy atom. The van der Waals surface area contributed by atoms with E-state index in [-0.39, 0.29) is 5.91 Å². The molecule has 0 aliphatic carbocycles. The van der Waals surface area contributed by atoms with E-state index in [0.717, 1.165) is 37.4 Å². The number of carbonyl (C=O) groups is 1. The van der Waals surface area contributed by atoms with Gasteiger partial charge >= 0.3 is 0 Å². The standard InChI is InChI=1S/C20H26N8O3/c1-15(29)22-17-4-2-16(3-5-17)14-21-26-18-23-19(27-6-10-30-11-7-27)25-20(24-18)28-8-12-31-13-9-28/h2-5,14H,6-13H2,1H3,(H,22,29)(H,23,24,25,26)/b21-14+. The smallest absolute Gasteiger partial charge is 0.250 e. The molecule has 0 atom stereocenters. The average Bonchev–Trinajstić information content (AvgIpc) is 2.81. The van der Waals surface area contributed by atoms with Crippen molar-refractivity contribution in [2.24, 2.45) is 5.10 Å². The van der Waals surface area contributed by atoms with Crippen molar-refractivity contribution < 1.29 is 14.3 Å². The predicted octanol–water partition coefficient (Wildman–Crippen LogP) is 0.949. The molecule has 31 heavy (non-hydrogen) atoms. The number of anilines is 4. The third-order valence-electron chi connectivity index (χ3n) is 4.81. The van der Waals surface area contributed by atoms with Gasteiger partial charge < -0.3 is 24.6 Å². The molecular formula is C20H26N8O3. The van der Waals surface area contributed by atoms with Crippen LogP contribution in [0.5, 0.6) is 0 Å². The molecule has 2 aliphatic heterocycles. The van der Waals surface area contributed by atoms with Crippen LogP contribution in [0.1, 0.15) is 12.5 Å². The molecule has 2 N–H and O–H groups in total. The number of morpholine rings is 2. The fourth-order valence-electron chi connectivity index (χ4n) is 3.23. The Morgan fingerprint density at radius 2 is 1.48 bits per heavy atom. The summed E-state index contributed by atoms with van der Waals surface area (Å²) in [6.07, 6.45) is 1.67. The van der Waals surface area contributed by atoms with Crippen LogP contribution in [-0.2, 0) is 14.3 Å². The lowest BCUT2D eigenvalue weighted by molar-refractivity contribution is -0.114. The first-order valence-corrected chi connectivity index (χ1v) is 10.3. The van der Waals surface area contributed by atoms with E-state index in [1.54, 1.807) is 6.21 Å². The Labute approximate surface area is 180 Å². The second kappa shape index (κ2) is 10.1. The highest BCUT2D eigenvalue weighted by molar-refractivity contribution is 5.89. The Hall–Kier alpha value is -3.31. The first-order chi connectivity index (χ1) is 15.2. The van der Waals surface area contributed by atoms with E-state index in [1.807, 2.05) is 24.3 Å². The van der Waals surface area contributed by atoms with Gasteiger partial charge in [-0.2, -0.15) is 20.1 Å². The maximum Gasteiger partial charge on any atom is 0.250 e. The minimum atomic E-state index is -0.106. The molecule has 0 radical (unpaired) electrons. The van der Waals surface area contributed by atoms with Crippen molar-refractivity contribution in [3.63, 3.8) is 0 Å². The molecule has 0 spiro atoms. The number of hydrazone groups is 1. The van der Waals surface area contributed by atoms with Gasteiger partial charge in [-0.25, -0.2) is 5.43 Å². The summed E-state index contributed by atoms with van der Waals surface area (Å²) in [6, 6.07) is 7.36. The number of hydrogen-bond donors (Lipinski definition) is 2. The van der Waals surface area contributed by atoms with Crippen molar-refractivity contribution in [3.05, 3.63) is 29.8 Å². The average molecular weight is 426 g/mol. The van der Waals surface area contributed by atoms with Crippen LogP contribution < -0.4 is 20.5 Å². The van der Waals surface area contributed by atoms with E-state index in [2.05, 4.69) is 40.6 Å². The normalized spacial score (nSPS) is 17.1. The molecule has 11 heteroatoms. The molecule has 3 heterocycles. The van der Waals surface area contributed by atoms with Crippen molar-refractivity contribution >= 4 is 35.7 Å². The molecule has 2 aliphatic rings. The zero-order valence-electron chi connectivity index (χ0n) is 17.5. The number of amides is 1. The lowest BCUT2D eigenvalue weighted by Crippen LogP contribution is -2.40. The van der Waals surface area contributed by atoms with Gasteiger partial charge in [0.25, 0.3) is 0 Å². The molecule has 0 bridgehead atoms. The van der Waals surface area contributed by atoms with Gasteiger partial charge in [0.05, 0.1) is 32.6 Å². The summed E-state index contributed by atoms with van der Waals surface area (Å²) in [7, 11) is 0. The Kier molecular flexibility index (Phi) is 6.85. The van der Waals surface area contributed by atoms with Gasteiger partial charge in [-0.1, -0.05) is 12.1 Å². The molecule has 1 aromatic heterocycles. The third-order valence-corrected chi connectivity index (χ3v) is 4.81. The van der Waals surface area contributed by atoms with Crippen LogP contribution in [0.4, 0.5) is 23.5 Å². The van der Waals surface area contributed by atoms with Gasteiger partial charge in [-0.3, -0.25) is 4.79 Å². The summed E-state index contributed by atoms with van der Waals surface area (Å²) in [5.41, 5.74) is 4.53. The van der Waals surface area contributed by atoms with E-state index in [0.29, 0.717) is 44.3 Å². The van der Waals surface area contributed by atoms with Crippen molar-refractivity contribution in [1.82, 2.24) is 15.0 Å². The Bertz CT molecular complexity index is 873. The monoisotopic (exact) mass is 426 g/mol. The number of benzene rings is 1. The lowest BCUT2D eigenvalue weighted by atomic mass is 10.2. The van der Waals surface area contributed by atoms with Crippen molar-refractivity contribution in [1.29, 1.82) is 0 Å². The van der Waals surface area contributed by atoms with Crippen LogP contribution in [0.25, 0.3) is 0 Å². The quantitative estimate of drug-likeness (QED) is 0.514. The summed E-state index contributed by atoms with van der Waals surface area (Å²) >= 11 is 0. The van der Waals surface area contributed by atoms with Gasteiger partial charge in [0, 0.05) is 38.8 Å². The number of nitrogens with one attached hydrogen (secondary N) is 2. The summed E-state index contributed by atoms with van der Waals surface area (Å²) in [5.74, 6) is 1.49. The molecule has 11 nitrogen and oxygen atoms in total.